The van der Waals surface area contributed by atoms with Crippen molar-refractivity contribution < 1.29 is 0 Å². The van der Waals surface area contributed by atoms with Crippen LogP contribution in [0.15, 0.2) is 6.20 Å². The van der Waals surface area contributed by atoms with Crippen LogP contribution in [-0.4, -0.2) is 9.97 Å². The van der Waals surface area contributed by atoms with Crippen LogP contribution in [-0.2, 0) is 6.42 Å². The van der Waals surface area contributed by atoms with Crippen LogP contribution in [0.4, 0.5) is 0 Å². The van der Waals surface area contributed by atoms with E-state index in [1.807, 2.05) is 0 Å². The molecule has 1 heterocycles. The molecule has 1 fully saturated rings. The summed E-state index contributed by atoms with van der Waals surface area (Å²) in [6.07, 6.45) is 28.3. The van der Waals surface area contributed by atoms with Crippen molar-refractivity contribution >= 4 is 0 Å². The predicted octanol–water partition coefficient (Wildman–Crippen LogP) is 9.10. The molecule has 1 aliphatic rings. The number of aromatic nitrogens is 2. The van der Waals surface area contributed by atoms with Gasteiger partial charge in [-0.1, -0.05) is 97.3 Å². The van der Waals surface area contributed by atoms with E-state index < -0.39 is 0 Å². The molecule has 2 rings (SSSR count). The van der Waals surface area contributed by atoms with Crippen LogP contribution in [0.1, 0.15) is 152 Å². The van der Waals surface area contributed by atoms with E-state index in [2.05, 4.69) is 27.0 Å². The molecule has 1 aliphatic carbocycles. The molecule has 0 amide bonds. The Morgan fingerprint density at radius 3 is 1.90 bits per heavy atom. The molecule has 0 saturated heterocycles. The molecule has 1 aromatic heterocycles. The van der Waals surface area contributed by atoms with Crippen LogP contribution in [0, 0.1) is 12.8 Å². The molecule has 0 aromatic carbocycles. The molecular formula is C28H50N2. The molecule has 30 heavy (non-hydrogen) atoms. The zero-order valence-corrected chi connectivity index (χ0v) is 20.6. The van der Waals surface area contributed by atoms with Crippen LogP contribution in [0.2, 0.25) is 0 Å². The SMILES string of the molecule is CCCCCCCCCCCCc1cnc(C2CCC(CCCCC)CC2)nc1C. The molecule has 0 aliphatic heterocycles. The number of nitrogens with zero attached hydrogens (tertiary/aromatic N) is 2. The zero-order valence-electron chi connectivity index (χ0n) is 20.6. The first kappa shape index (κ1) is 25.3. The van der Waals surface area contributed by atoms with Crippen LogP contribution >= 0.6 is 0 Å². The summed E-state index contributed by atoms with van der Waals surface area (Å²) in [4.78, 5) is 9.77. The lowest BCUT2D eigenvalue weighted by molar-refractivity contribution is 0.297. The Balaban J connectivity index is 1.60. The van der Waals surface area contributed by atoms with Crippen LogP contribution < -0.4 is 0 Å². The van der Waals surface area contributed by atoms with E-state index in [1.54, 1.807) is 0 Å². The highest BCUT2D eigenvalue weighted by Gasteiger charge is 2.24. The third-order valence-corrected chi connectivity index (χ3v) is 7.33. The van der Waals surface area contributed by atoms with E-state index in [1.165, 1.54) is 127 Å². The lowest BCUT2D eigenvalue weighted by atomic mass is 9.79. The molecule has 2 heteroatoms. The number of hydrogen-bond acceptors (Lipinski definition) is 2. The van der Waals surface area contributed by atoms with Gasteiger partial charge in [0.1, 0.15) is 5.82 Å². The topological polar surface area (TPSA) is 25.8 Å². The molecule has 0 spiro atoms. The summed E-state index contributed by atoms with van der Waals surface area (Å²) < 4.78 is 0. The fraction of sp³-hybridized carbons (Fsp3) is 0.857. The van der Waals surface area contributed by atoms with Crippen molar-refractivity contribution in [3.05, 3.63) is 23.3 Å². The Kier molecular flexibility index (Phi) is 13.4. The van der Waals surface area contributed by atoms with Gasteiger partial charge in [-0.05, 0) is 56.9 Å². The van der Waals surface area contributed by atoms with E-state index in [9.17, 15) is 0 Å². The largest absolute Gasteiger partial charge is 0.241 e. The van der Waals surface area contributed by atoms with E-state index in [0.717, 1.165) is 18.2 Å². The highest BCUT2D eigenvalue weighted by Crippen LogP contribution is 2.36. The third kappa shape index (κ3) is 9.92. The summed E-state index contributed by atoms with van der Waals surface area (Å²) in [5.74, 6) is 2.70. The first-order valence-electron chi connectivity index (χ1n) is 13.6. The van der Waals surface area contributed by atoms with Crippen molar-refractivity contribution in [2.45, 2.75) is 149 Å². The Labute approximate surface area is 188 Å². The Bertz CT molecular complexity index is 546. The Morgan fingerprint density at radius 2 is 1.30 bits per heavy atom. The summed E-state index contributed by atoms with van der Waals surface area (Å²) in [5, 5.41) is 0. The van der Waals surface area contributed by atoms with Crippen molar-refractivity contribution in [2.24, 2.45) is 5.92 Å². The number of unbranched alkanes of at least 4 members (excludes halogenated alkanes) is 11. The maximum absolute atomic E-state index is 4.95. The summed E-state index contributed by atoms with van der Waals surface area (Å²) in [7, 11) is 0. The average molecular weight is 415 g/mol. The maximum atomic E-state index is 4.95. The smallest absolute Gasteiger partial charge is 0.131 e. The maximum Gasteiger partial charge on any atom is 0.131 e. The predicted molar refractivity (Wildman–Crippen MR) is 131 cm³/mol. The van der Waals surface area contributed by atoms with Crippen LogP contribution in [0.25, 0.3) is 0 Å². The highest BCUT2D eigenvalue weighted by molar-refractivity contribution is 5.17. The zero-order chi connectivity index (χ0) is 21.4. The molecule has 0 bridgehead atoms. The lowest BCUT2D eigenvalue weighted by Gasteiger charge is -2.28. The van der Waals surface area contributed by atoms with Gasteiger partial charge in [0.25, 0.3) is 0 Å². The molecule has 0 radical (unpaired) electrons. The van der Waals surface area contributed by atoms with Gasteiger partial charge in [0.15, 0.2) is 0 Å². The Hall–Kier alpha value is -0.920. The minimum absolute atomic E-state index is 0.609. The standard InChI is InChI=1S/C28H50N2/c1-4-6-8-9-10-11-12-13-14-16-18-27-23-29-28(30-24(27)3)26-21-19-25(20-22-26)17-15-7-5-2/h23,25-26H,4-22H2,1-3H3. The van der Waals surface area contributed by atoms with E-state index in [0.29, 0.717) is 5.92 Å². The van der Waals surface area contributed by atoms with Crippen molar-refractivity contribution in [3.8, 4) is 0 Å². The van der Waals surface area contributed by atoms with Gasteiger partial charge in [0.2, 0.25) is 0 Å². The second kappa shape index (κ2) is 15.8. The molecule has 1 saturated carbocycles. The fourth-order valence-corrected chi connectivity index (χ4v) is 5.15. The monoisotopic (exact) mass is 414 g/mol. The van der Waals surface area contributed by atoms with Gasteiger partial charge < -0.3 is 0 Å². The second-order valence-corrected chi connectivity index (χ2v) is 9.98. The van der Waals surface area contributed by atoms with Crippen molar-refractivity contribution in [1.82, 2.24) is 9.97 Å². The third-order valence-electron chi connectivity index (χ3n) is 7.33. The van der Waals surface area contributed by atoms with Crippen molar-refractivity contribution in [2.75, 3.05) is 0 Å². The normalized spacial score (nSPS) is 19.3. The van der Waals surface area contributed by atoms with Gasteiger partial charge in [0.05, 0.1) is 0 Å². The lowest BCUT2D eigenvalue weighted by Crippen LogP contribution is -2.16. The molecular weight excluding hydrogens is 364 g/mol. The molecule has 0 unspecified atom stereocenters. The number of hydrogen-bond donors (Lipinski definition) is 0. The summed E-state index contributed by atoms with van der Waals surface area (Å²) in [6.45, 7) is 6.80. The fourth-order valence-electron chi connectivity index (χ4n) is 5.15. The summed E-state index contributed by atoms with van der Waals surface area (Å²) >= 11 is 0. The summed E-state index contributed by atoms with van der Waals surface area (Å²) in [6, 6.07) is 0. The number of rotatable bonds is 16. The molecule has 0 N–H and O–H groups in total. The van der Waals surface area contributed by atoms with Gasteiger partial charge >= 0.3 is 0 Å². The minimum atomic E-state index is 0.609. The van der Waals surface area contributed by atoms with Gasteiger partial charge in [-0.25, -0.2) is 9.97 Å². The Morgan fingerprint density at radius 1 is 0.733 bits per heavy atom. The average Bonchev–Trinajstić information content (AvgIpc) is 2.76. The molecule has 0 atom stereocenters. The quantitative estimate of drug-likeness (QED) is 0.252. The minimum Gasteiger partial charge on any atom is -0.241 e. The van der Waals surface area contributed by atoms with Gasteiger partial charge in [0, 0.05) is 17.8 Å². The first-order chi connectivity index (χ1) is 14.7. The van der Waals surface area contributed by atoms with Crippen molar-refractivity contribution in [3.63, 3.8) is 0 Å². The summed E-state index contributed by atoms with van der Waals surface area (Å²) in [5.41, 5.74) is 2.62. The molecule has 172 valence electrons. The van der Waals surface area contributed by atoms with Gasteiger partial charge in [-0.3, -0.25) is 0 Å². The van der Waals surface area contributed by atoms with Crippen molar-refractivity contribution in [1.29, 1.82) is 0 Å². The van der Waals surface area contributed by atoms with Gasteiger partial charge in [-0.2, -0.15) is 0 Å². The van der Waals surface area contributed by atoms with E-state index in [4.69, 9.17) is 9.97 Å². The number of aryl methyl sites for hydroxylation is 2. The van der Waals surface area contributed by atoms with Crippen LogP contribution in [0.3, 0.4) is 0 Å². The molecule has 1 aromatic rings. The second-order valence-electron chi connectivity index (χ2n) is 9.98. The van der Waals surface area contributed by atoms with E-state index in [-0.39, 0.29) is 0 Å². The first-order valence-corrected chi connectivity index (χ1v) is 13.6. The van der Waals surface area contributed by atoms with Gasteiger partial charge in [-0.15, -0.1) is 0 Å². The molecule has 2 nitrogen and oxygen atoms in total. The van der Waals surface area contributed by atoms with Crippen LogP contribution in [0.5, 0.6) is 0 Å². The highest BCUT2D eigenvalue weighted by atomic mass is 14.9. The van der Waals surface area contributed by atoms with E-state index >= 15 is 0 Å².